The molecule has 0 aliphatic carbocycles. The molecule has 40 heavy (non-hydrogen) atoms. The van der Waals surface area contributed by atoms with E-state index in [9.17, 15) is 4.79 Å². The first-order valence-electron chi connectivity index (χ1n) is 14.1. The molecule has 0 amide bonds. The monoisotopic (exact) mass is 545 g/mol. The molecule has 3 aromatic rings. The quantitative estimate of drug-likeness (QED) is 0.223. The van der Waals surface area contributed by atoms with Crippen LogP contribution in [0.3, 0.4) is 0 Å². The molecule has 0 spiro atoms. The fourth-order valence-corrected chi connectivity index (χ4v) is 6.10. The van der Waals surface area contributed by atoms with E-state index < -0.39 is 0 Å². The summed E-state index contributed by atoms with van der Waals surface area (Å²) in [6, 6.07) is 18.0. The highest BCUT2D eigenvalue weighted by atomic mass is 16.5. The van der Waals surface area contributed by atoms with Crippen LogP contribution in [0.15, 0.2) is 54.6 Å². The number of carbonyl (C=O) groups is 1. The SMILES string of the molecule is COc1ccc(C(CCN2CCCCC2)c2c(OC)cc(OC)c3c2OC(=O)CC3c2ccc(OC)cc2)cc1. The van der Waals surface area contributed by atoms with Gasteiger partial charge < -0.3 is 28.6 Å². The Balaban J connectivity index is 1.65. The van der Waals surface area contributed by atoms with Crippen LogP contribution in [-0.2, 0) is 4.79 Å². The maximum absolute atomic E-state index is 13.2. The van der Waals surface area contributed by atoms with Crippen LogP contribution in [0.5, 0.6) is 28.7 Å². The number of likely N-dealkylation sites (tertiary alicyclic amines) is 1. The highest BCUT2D eigenvalue weighted by Gasteiger charge is 2.37. The Kier molecular flexibility index (Phi) is 8.80. The van der Waals surface area contributed by atoms with Gasteiger partial charge >= 0.3 is 5.97 Å². The highest BCUT2D eigenvalue weighted by molar-refractivity contribution is 5.81. The first-order valence-corrected chi connectivity index (χ1v) is 14.1. The van der Waals surface area contributed by atoms with Crippen molar-refractivity contribution in [2.45, 2.75) is 43.9 Å². The van der Waals surface area contributed by atoms with Gasteiger partial charge in [0.2, 0.25) is 0 Å². The summed E-state index contributed by atoms with van der Waals surface area (Å²) in [7, 11) is 6.62. The van der Waals surface area contributed by atoms with E-state index in [1.807, 2.05) is 42.5 Å². The van der Waals surface area contributed by atoms with Gasteiger partial charge in [-0.2, -0.15) is 0 Å². The minimum Gasteiger partial charge on any atom is -0.497 e. The average Bonchev–Trinajstić information content (AvgIpc) is 3.01. The topological polar surface area (TPSA) is 66.5 Å². The Labute approximate surface area is 236 Å². The van der Waals surface area contributed by atoms with Crippen molar-refractivity contribution in [3.63, 3.8) is 0 Å². The van der Waals surface area contributed by atoms with Gasteiger partial charge in [0, 0.05) is 29.0 Å². The maximum atomic E-state index is 13.2. The maximum Gasteiger partial charge on any atom is 0.312 e. The summed E-state index contributed by atoms with van der Waals surface area (Å²) in [5, 5.41) is 0. The van der Waals surface area contributed by atoms with Crippen molar-refractivity contribution in [2.24, 2.45) is 0 Å². The zero-order valence-corrected chi connectivity index (χ0v) is 23.9. The van der Waals surface area contributed by atoms with E-state index in [-0.39, 0.29) is 24.2 Å². The van der Waals surface area contributed by atoms with Crippen molar-refractivity contribution in [3.05, 3.63) is 76.9 Å². The van der Waals surface area contributed by atoms with Crippen molar-refractivity contribution < 1.29 is 28.5 Å². The zero-order chi connectivity index (χ0) is 28.1. The van der Waals surface area contributed by atoms with Gasteiger partial charge in [0.15, 0.2) is 0 Å². The molecule has 7 heteroatoms. The second-order valence-corrected chi connectivity index (χ2v) is 10.5. The molecule has 0 saturated carbocycles. The van der Waals surface area contributed by atoms with E-state index in [0.717, 1.165) is 59.8 Å². The molecule has 2 unspecified atom stereocenters. The molecule has 212 valence electrons. The fraction of sp³-hybridized carbons (Fsp3) is 0.424. The van der Waals surface area contributed by atoms with Gasteiger partial charge in [-0.3, -0.25) is 4.79 Å². The second-order valence-electron chi connectivity index (χ2n) is 10.5. The van der Waals surface area contributed by atoms with Crippen LogP contribution in [0.1, 0.15) is 66.2 Å². The lowest BCUT2D eigenvalue weighted by Gasteiger charge is -2.33. The first kappa shape index (κ1) is 27.8. The Hall–Kier alpha value is -3.71. The van der Waals surface area contributed by atoms with Crippen LogP contribution in [0.2, 0.25) is 0 Å². The summed E-state index contributed by atoms with van der Waals surface area (Å²) in [6.07, 6.45) is 4.83. The minimum atomic E-state index is -0.269. The third-order valence-electron chi connectivity index (χ3n) is 8.22. The van der Waals surface area contributed by atoms with Crippen LogP contribution in [0.25, 0.3) is 0 Å². The molecule has 7 nitrogen and oxygen atoms in total. The number of piperidine rings is 1. The molecule has 1 fully saturated rings. The summed E-state index contributed by atoms with van der Waals surface area (Å²) >= 11 is 0. The number of hydrogen-bond acceptors (Lipinski definition) is 7. The molecule has 1 saturated heterocycles. The van der Waals surface area contributed by atoms with E-state index in [4.69, 9.17) is 23.7 Å². The number of hydrogen-bond donors (Lipinski definition) is 0. The third-order valence-corrected chi connectivity index (χ3v) is 8.22. The lowest BCUT2D eigenvalue weighted by Crippen LogP contribution is -2.31. The summed E-state index contributed by atoms with van der Waals surface area (Å²) in [6.45, 7) is 3.17. The van der Waals surface area contributed by atoms with E-state index >= 15 is 0 Å². The largest absolute Gasteiger partial charge is 0.497 e. The van der Waals surface area contributed by atoms with Crippen molar-refractivity contribution in [3.8, 4) is 28.7 Å². The van der Waals surface area contributed by atoms with Crippen molar-refractivity contribution in [1.29, 1.82) is 0 Å². The third kappa shape index (κ3) is 5.75. The number of rotatable bonds is 10. The number of benzene rings is 3. The lowest BCUT2D eigenvalue weighted by molar-refractivity contribution is -0.135. The summed E-state index contributed by atoms with van der Waals surface area (Å²) < 4.78 is 28.8. The first-order chi connectivity index (χ1) is 19.6. The molecule has 3 aromatic carbocycles. The van der Waals surface area contributed by atoms with Crippen LogP contribution in [0, 0.1) is 0 Å². The van der Waals surface area contributed by atoms with Crippen molar-refractivity contribution >= 4 is 5.97 Å². The predicted octanol–water partition coefficient (Wildman–Crippen LogP) is 6.17. The van der Waals surface area contributed by atoms with Gasteiger partial charge in [0.25, 0.3) is 0 Å². The fourth-order valence-electron chi connectivity index (χ4n) is 6.10. The lowest BCUT2D eigenvalue weighted by atomic mass is 9.80. The van der Waals surface area contributed by atoms with Crippen LogP contribution in [0.4, 0.5) is 0 Å². The number of fused-ring (bicyclic) bond motifs is 1. The van der Waals surface area contributed by atoms with Crippen LogP contribution in [-0.4, -0.2) is 58.9 Å². The van der Waals surface area contributed by atoms with E-state index in [1.54, 1.807) is 28.4 Å². The smallest absolute Gasteiger partial charge is 0.312 e. The highest BCUT2D eigenvalue weighted by Crippen LogP contribution is 2.53. The van der Waals surface area contributed by atoms with Crippen molar-refractivity contribution in [2.75, 3.05) is 48.1 Å². The van der Waals surface area contributed by atoms with Gasteiger partial charge in [-0.25, -0.2) is 0 Å². The standard InChI is InChI=1S/C33H39NO6/c1-36-24-12-8-22(9-13-24)26(16-19-34-17-6-5-7-18-34)31-28(38-3)21-29(39-4)32-27(20-30(35)40-33(31)32)23-10-14-25(37-2)15-11-23/h8-15,21,26-27H,5-7,16-20H2,1-4H3. The Morgan fingerprint density at radius 1 is 0.825 bits per heavy atom. The Morgan fingerprint density at radius 3 is 2.05 bits per heavy atom. The van der Waals surface area contributed by atoms with Gasteiger partial charge in [-0.15, -0.1) is 0 Å². The van der Waals surface area contributed by atoms with E-state index in [0.29, 0.717) is 17.2 Å². The number of esters is 1. The molecule has 2 atom stereocenters. The molecule has 0 bridgehead atoms. The molecule has 2 aliphatic rings. The Morgan fingerprint density at radius 2 is 1.45 bits per heavy atom. The van der Waals surface area contributed by atoms with Gasteiger partial charge in [0.1, 0.15) is 28.7 Å². The molecular formula is C33H39NO6. The number of ether oxygens (including phenoxy) is 5. The molecule has 0 aromatic heterocycles. The van der Waals surface area contributed by atoms with E-state index in [2.05, 4.69) is 17.0 Å². The van der Waals surface area contributed by atoms with Crippen LogP contribution >= 0.6 is 0 Å². The summed E-state index contributed by atoms with van der Waals surface area (Å²) in [5.41, 5.74) is 3.88. The normalized spacial score (nSPS) is 17.9. The summed E-state index contributed by atoms with van der Waals surface area (Å²) in [4.78, 5) is 15.7. The second kappa shape index (κ2) is 12.6. The zero-order valence-electron chi connectivity index (χ0n) is 23.9. The van der Waals surface area contributed by atoms with Gasteiger partial charge in [-0.1, -0.05) is 30.7 Å². The van der Waals surface area contributed by atoms with Crippen molar-refractivity contribution in [1.82, 2.24) is 4.90 Å². The van der Waals surface area contributed by atoms with Gasteiger partial charge in [0.05, 0.1) is 34.9 Å². The molecule has 0 radical (unpaired) electrons. The number of methoxy groups -OCH3 is 4. The van der Waals surface area contributed by atoms with E-state index in [1.165, 1.54) is 19.3 Å². The Bertz CT molecular complexity index is 1300. The molecule has 2 aliphatic heterocycles. The molecule has 5 rings (SSSR count). The number of carbonyl (C=O) groups excluding carboxylic acids is 1. The predicted molar refractivity (Wildman–Crippen MR) is 154 cm³/mol. The van der Waals surface area contributed by atoms with Crippen LogP contribution < -0.4 is 23.7 Å². The molecular weight excluding hydrogens is 506 g/mol. The molecule has 0 N–H and O–H groups in total. The summed E-state index contributed by atoms with van der Waals surface area (Å²) in [5.74, 6) is 2.86. The van der Waals surface area contributed by atoms with Gasteiger partial charge in [-0.05, 0) is 74.3 Å². The molecule has 2 heterocycles. The minimum absolute atomic E-state index is 0.0649. The number of nitrogens with zero attached hydrogens (tertiary/aromatic N) is 1. The average molecular weight is 546 g/mol.